The summed E-state index contributed by atoms with van der Waals surface area (Å²) in [5, 5.41) is 9.81. The van der Waals surface area contributed by atoms with Gasteiger partial charge in [-0.25, -0.2) is 0 Å². The van der Waals surface area contributed by atoms with Gasteiger partial charge < -0.3 is 10.8 Å². The lowest BCUT2D eigenvalue weighted by molar-refractivity contribution is 0.447. The number of hydrogen-bond acceptors (Lipinski definition) is 2. The van der Waals surface area contributed by atoms with E-state index >= 15 is 0 Å². The Bertz CT molecular complexity index is 355. The average Bonchev–Trinajstić information content (AvgIpc) is 2.09. The minimum absolute atomic E-state index is 0.116. The van der Waals surface area contributed by atoms with Gasteiger partial charge in [-0.05, 0) is 17.0 Å². The van der Waals surface area contributed by atoms with E-state index in [2.05, 4.69) is 0 Å². The van der Waals surface area contributed by atoms with Crippen molar-refractivity contribution in [1.29, 1.82) is 0 Å². The zero-order chi connectivity index (χ0) is 11.6. The van der Waals surface area contributed by atoms with Crippen molar-refractivity contribution in [3.63, 3.8) is 0 Å². The molecule has 0 heterocycles. The van der Waals surface area contributed by atoms with E-state index in [1.165, 1.54) is 0 Å². The first-order chi connectivity index (χ1) is 6.86. The molecule has 1 aromatic rings. The molecule has 0 spiro atoms. The Kier molecular flexibility index (Phi) is 3.22. The molecule has 3 N–H and O–H groups in total. The van der Waals surface area contributed by atoms with Gasteiger partial charge in [0, 0.05) is 12.0 Å². The van der Waals surface area contributed by atoms with Crippen LogP contribution < -0.4 is 5.73 Å². The predicted molar refractivity (Wildman–Crippen MR) is 60.9 cm³/mol. The van der Waals surface area contributed by atoms with Crippen LogP contribution in [0.25, 0.3) is 0 Å². The highest BCUT2D eigenvalue weighted by atomic mass is 19.1. The fourth-order valence-corrected chi connectivity index (χ4v) is 1.54. The summed E-state index contributed by atoms with van der Waals surface area (Å²) in [7, 11) is 0. The summed E-state index contributed by atoms with van der Waals surface area (Å²) in [6.07, 6.45) is 0.341. The first kappa shape index (κ1) is 11.8. The summed E-state index contributed by atoms with van der Waals surface area (Å²) in [4.78, 5) is 0. The quantitative estimate of drug-likeness (QED) is 0.583. The third-order valence-corrected chi connectivity index (χ3v) is 2.39. The number of aryl methyl sites for hydroxylation is 1. The van der Waals surface area contributed by atoms with Gasteiger partial charge in [0.05, 0.1) is 12.4 Å². The topological polar surface area (TPSA) is 46.2 Å². The number of halogens is 1. The van der Waals surface area contributed by atoms with Crippen molar-refractivity contribution in [2.75, 3.05) is 12.4 Å². The van der Waals surface area contributed by atoms with Gasteiger partial charge in [-0.15, -0.1) is 0 Å². The molecule has 1 rings (SSSR count). The van der Waals surface area contributed by atoms with E-state index in [-0.39, 0.29) is 11.2 Å². The number of aromatic hydroxyl groups is 1. The average molecular weight is 211 g/mol. The van der Waals surface area contributed by atoms with Gasteiger partial charge in [0.2, 0.25) is 0 Å². The molecule has 15 heavy (non-hydrogen) atoms. The van der Waals surface area contributed by atoms with Crippen molar-refractivity contribution in [3.8, 4) is 5.75 Å². The van der Waals surface area contributed by atoms with Gasteiger partial charge in [-0.3, -0.25) is 4.39 Å². The molecule has 0 atom stereocenters. The normalized spacial score (nSPS) is 11.7. The number of hydrogen-bond donors (Lipinski definition) is 2. The van der Waals surface area contributed by atoms with Crippen LogP contribution >= 0.6 is 0 Å². The smallest absolute Gasteiger partial charge is 0.142 e. The molecule has 3 heteroatoms. The standard InChI is InChI=1S/C12H18FNO/c1-12(2,3)9-6-8(4-5-13)7-10(14)11(9)15/h6-7,15H,4-5,14H2,1-3H3. The highest BCUT2D eigenvalue weighted by Crippen LogP contribution is 2.35. The highest BCUT2D eigenvalue weighted by molar-refractivity contribution is 5.59. The van der Waals surface area contributed by atoms with Crippen LogP contribution in [0.2, 0.25) is 0 Å². The number of nitrogen functional groups attached to an aromatic ring is 1. The van der Waals surface area contributed by atoms with Crippen LogP contribution in [-0.4, -0.2) is 11.8 Å². The lowest BCUT2D eigenvalue weighted by atomic mass is 9.84. The first-order valence-electron chi connectivity index (χ1n) is 5.04. The Balaban J connectivity index is 3.25. The second-order valence-corrected chi connectivity index (χ2v) is 4.77. The SMILES string of the molecule is CC(C)(C)c1cc(CCF)cc(N)c1O. The van der Waals surface area contributed by atoms with Crippen LogP contribution in [0.15, 0.2) is 12.1 Å². The molecule has 0 fully saturated rings. The molecule has 0 bridgehead atoms. The molecule has 84 valence electrons. The van der Waals surface area contributed by atoms with Crippen molar-refractivity contribution >= 4 is 5.69 Å². The predicted octanol–water partition coefficient (Wildman–Crippen LogP) is 2.78. The number of benzene rings is 1. The van der Waals surface area contributed by atoms with Crippen molar-refractivity contribution in [1.82, 2.24) is 0 Å². The van der Waals surface area contributed by atoms with Crippen LogP contribution in [0.3, 0.4) is 0 Å². The number of phenols is 1. The van der Waals surface area contributed by atoms with E-state index in [1.807, 2.05) is 26.8 Å². The molecule has 0 aliphatic carbocycles. The maximum absolute atomic E-state index is 12.2. The minimum atomic E-state index is -0.409. The Morgan fingerprint density at radius 2 is 1.93 bits per heavy atom. The molecule has 0 aliphatic heterocycles. The van der Waals surface area contributed by atoms with Crippen LogP contribution in [0.5, 0.6) is 5.75 Å². The van der Waals surface area contributed by atoms with Crippen molar-refractivity contribution in [3.05, 3.63) is 23.3 Å². The maximum atomic E-state index is 12.2. The van der Waals surface area contributed by atoms with Crippen molar-refractivity contribution in [2.45, 2.75) is 32.6 Å². The molecule has 0 amide bonds. The molecule has 1 aromatic carbocycles. The summed E-state index contributed by atoms with van der Waals surface area (Å²) in [5.74, 6) is 0.116. The summed E-state index contributed by atoms with van der Waals surface area (Å²) in [6, 6.07) is 3.45. The van der Waals surface area contributed by atoms with E-state index in [0.717, 1.165) is 11.1 Å². The third-order valence-electron chi connectivity index (χ3n) is 2.39. The molecule has 0 saturated carbocycles. The summed E-state index contributed by atoms with van der Waals surface area (Å²) < 4.78 is 12.2. The fraction of sp³-hybridized carbons (Fsp3) is 0.500. The Morgan fingerprint density at radius 3 is 2.40 bits per heavy atom. The van der Waals surface area contributed by atoms with Gasteiger partial charge in [0.25, 0.3) is 0 Å². The molecule has 0 unspecified atom stereocenters. The van der Waals surface area contributed by atoms with E-state index < -0.39 is 6.67 Å². The number of anilines is 1. The molecular weight excluding hydrogens is 193 g/mol. The number of nitrogens with two attached hydrogens (primary N) is 1. The van der Waals surface area contributed by atoms with Gasteiger partial charge in [-0.2, -0.15) is 0 Å². The van der Waals surface area contributed by atoms with Crippen LogP contribution in [0, 0.1) is 0 Å². The molecule has 2 nitrogen and oxygen atoms in total. The largest absolute Gasteiger partial charge is 0.505 e. The fourth-order valence-electron chi connectivity index (χ4n) is 1.54. The monoisotopic (exact) mass is 211 g/mol. The molecule has 0 radical (unpaired) electrons. The molecular formula is C12H18FNO. The molecule has 0 aliphatic rings. The lowest BCUT2D eigenvalue weighted by Crippen LogP contribution is -2.13. The van der Waals surface area contributed by atoms with E-state index in [4.69, 9.17) is 5.73 Å². The van der Waals surface area contributed by atoms with Crippen LogP contribution in [0.1, 0.15) is 31.9 Å². The van der Waals surface area contributed by atoms with Gasteiger partial charge in [0.1, 0.15) is 5.75 Å². The summed E-state index contributed by atoms with van der Waals surface area (Å²) >= 11 is 0. The van der Waals surface area contributed by atoms with E-state index in [9.17, 15) is 9.50 Å². The van der Waals surface area contributed by atoms with Crippen LogP contribution in [-0.2, 0) is 11.8 Å². The zero-order valence-electron chi connectivity index (χ0n) is 9.47. The van der Waals surface area contributed by atoms with Gasteiger partial charge in [0.15, 0.2) is 0 Å². The van der Waals surface area contributed by atoms with Gasteiger partial charge in [-0.1, -0.05) is 26.8 Å². The van der Waals surface area contributed by atoms with Crippen LogP contribution in [0.4, 0.5) is 10.1 Å². The van der Waals surface area contributed by atoms with Crippen molar-refractivity contribution < 1.29 is 9.50 Å². The lowest BCUT2D eigenvalue weighted by Gasteiger charge is -2.22. The summed E-state index contributed by atoms with van der Waals surface area (Å²) in [5.41, 5.74) is 7.41. The maximum Gasteiger partial charge on any atom is 0.142 e. The second-order valence-electron chi connectivity index (χ2n) is 4.77. The molecule has 0 saturated heterocycles. The number of rotatable bonds is 2. The number of phenolic OH excluding ortho intramolecular Hbond substituents is 1. The van der Waals surface area contributed by atoms with Gasteiger partial charge >= 0.3 is 0 Å². The Labute approximate surface area is 89.9 Å². The summed E-state index contributed by atoms with van der Waals surface area (Å²) in [6.45, 7) is 5.55. The van der Waals surface area contributed by atoms with E-state index in [0.29, 0.717) is 12.1 Å². The number of alkyl halides is 1. The Hall–Kier alpha value is -1.25. The highest BCUT2D eigenvalue weighted by Gasteiger charge is 2.20. The zero-order valence-corrected chi connectivity index (χ0v) is 9.47. The first-order valence-corrected chi connectivity index (χ1v) is 5.04. The third kappa shape index (κ3) is 2.61. The second kappa shape index (κ2) is 4.09. The minimum Gasteiger partial charge on any atom is -0.505 e. The van der Waals surface area contributed by atoms with Crippen molar-refractivity contribution in [2.24, 2.45) is 0 Å². The van der Waals surface area contributed by atoms with E-state index in [1.54, 1.807) is 6.07 Å². The Morgan fingerprint density at radius 1 is 1.33 bits per heavy atom. The molecule has 0 aromatic heterocycles.